The Bertz CT molecular complexity index is 743. The van der Waals surface area contributed by atoms with E-state index in [-0.39, 0.29) is 16.9 Å². The summed E-state index contributed by atoms with van der Waals surface area (Å²) in [5, 5.41) is 2.62. The maximum Gasteiger partial charge on any atom is 0.309 e. The minimum absolute atomic E-state index is 0.00339. The van der Waals surface area contributed by atoms with Gasteiger partial charge in [0.1, 0.15) is 0 Å². The quantitative estimate of drug-likeness (QED) is 0.364. The van der Waals surface area contributed by atoms with Crippen LogP contribution in [0.2, 0.25) is 5.04 Å². The average Bonchev–Trinajstić information content (AvgIpc) is 3.14. The monoisotopic (exact) mass is 410 g/mol. The van der Waals surface area contributed by atoms with E-state index in [0.29, 0.717) is 19.1 Å². The smallest absolute Gasteiger partial charge is 0.309 e. The Labute approximate surface area is 176 Å². The van der Waals surface area contributed by atoms with Gasteiger partial charge in [-0.25, -0.2) is 0 Å². The summed E-state index contributed by atoms with van der Waals surface area (Å²) in [4.78, 5) is 11.9. The van der Waals surface area contributed by atoms with E-state index in [1.165, 1.54) is 10.4 Å². The zero-order chi connectivity index (χ0) is 20.9. The number of hydrogen-bond acceptors (Lipinski definition) is 3. The van der Waals surface area contributed by atoms with Gasteiger partial charge in [-0.15, -0.1) is 0 Å². The van der Waals surface area contributed by atoms with Gasteiger partial charge < -0.3 is 9.16 Å². The van der Waals surface area contributed by atoms with Crippen LogP contribution in [0.3, 0.4) is 0 Å². The van der Waals surface area contributed by atoms with E-state index in [1.807, 2.05) is 0 Å². The lowest BCUT2D eigenvalue weighted by Crippen LogP contribution is -2.66. The maximum absolute atomic E-state index is 11.9. The molecule has 0 radical (unpaired) electrons. The second kappa shape index (κ2) is 9.27. The molecular weight excluding hydrogens is 376 g/mol. The Balaban J connectivity index is 1.80. The van der Waals surface area contributed by atoms with Crippen LogP contribution < -0.4 is 10.4 Å². The Morgan fingerprint density at radius 3 is 2.03 bits per heavy atom. The number of carbonyl (C=O) groups excluding carboxylic acids is 1. The minimum atomic E-state index is -2.46. The van der Waals surface area contributed by atoms with E-state index in [0.717, 1.165) is 19.3 Å². The molecule has 0 aromatic heterocycles. The lowest BCUT2D eigenvalue weighted by molar-refractivity contribution is -0.142. The fourth-order valence-electron chi connectivity index (χ4n) is 4.62. The molecule has 2 aromatic carbocycles. The van der Waals surface area contributed by atoms with Gasteiger partial charge in [0.05, 0.1) is 12.5 Å². The van der Waals surface area contributed by atoms with Crippen molar-refractivity contribution in [3.05, 3.63) is 60.7 Å². The SMILES string of the molecule is C[C@H](CCCO[Si](c1ccccc1)(c1ccccc1)C(C)(C)C)C1CCOC1=O. The van der Waals surface area contributed by atoms with Gasteiger partial charge in [0.2, 0.25) is 0 Å². The van der Waals surface area contributed by atoms with Gasteiger partial charge in [-0.2, -0.15) is 0 Å². The van der Waals surface area contributed by atoms with Crippen LogP contribution in [0.1, 0.15) is 47.0 Å². The van der Waals surface area contributed by atoms with Gasteiger partial charge in [-0.1, -0.05) is 88.4 Å². The van der Waals surface area contributed by atoms with E-state index in [4.69, 9.17) is 9.16 Å². The molecule has 1 heterocycles. The number of hydrogen-bond donors (Lipinski definition) is 0. The number of rotatable bonds is 8. The molecule has 29 heavy (non-hydrogen) atoms. The molecule has 0 spiro atoms. The highest BCUT2D eigenvalue weighted by molar-refractivity contribution is 6.99. The van der Waals surface area contributed by atoms with Gasteiger partial charge in [-0.3, -0.25) is 4.79 Å². The van der Waals surface area contributed by atoms with Gasteiger partial charge in [0.15, 0.2) is 0 Å². The van der Waals surface area contributed by atoms with Gasteiger partial charge in [-0.05, 0) is 40.6 Å². The highest BCUT2D eigenvalue weighted by Crippen LogP contribution is 2.37. The molecule has 1 aliphatic heterocycles. The number of cyclic esters (lactones) is 1. The molecule has 1 unspecified atom stereocenters. The summed E-state index contributed by atoms with van der Waals surface area (Å²) in [6.45, 7) is 10.4. The summed E-state index contributed by atoms with van der Waals surface area (Å²) in [7, 11) is -2.46. The van der Waals surface area contributed by atoms with Crippen LogP contribution in [-0.4, -0.2) is 27.5 Å². The van der Waals surface area contributed by atoms with Crippen LogP contribution in [-0.2, 0) is 14.0 Å². The predicted molar refractivity (Wildman–Crippen MR) is 121 cm³/mol. The Hall–Kier alpha value is -1.91. The van der Waals surface area contributed by atoms with Crippen molar-refractivity contribution >= 4 is 24.7 Å². The highest BCUT2D eigenvalue weighted by atomic mass is 28.4. The molecule has 0 bridgehead atoms. The van der Waals surface area contributed by atoms with E-state index in [9.17, 15) is 4.79 Å². The standard InChI is InChI=1S/C25H34O3Si/c1-20(23-17-19-27-24(23)26)12-11-18-28-29(25(2,3)4,21-13-7-5-8-14-21)22-15-9-6-10-16-22/h5-10,13-16,20,23H,11-12,17-19H2,1-4H3/t20-,23?/m1/s1. The first kappa shape index (κ1) is 21.8. The Morgan fingerprint density at radius 2 is 1.59 bits per heavy atom. The number of carbonyl (C=O) groups is 1. The first-order valence-corrected chi connectivity index (χ1v) is 12.7. The van der Waals surface area contributed by atoms with Crippen molar-refractivity contribution < 1.29 is 14.0 Å². The number of benzene rings is 2. The molecule has 2 atom stereocenters. The van der Waals surface area contributed by atoms with Crippen LogP contribution in [0.5, 0.6) is 0 Å². The van der Waals surface area contributed by atoms with Gasteiger partial charge in [0.25, 0.3) is 8.32 Å². The summed E-state index contributed by atoms with van der Waals surface area (Å²) in [5.41, 5.74) is 0. The molecule has 3 nitrogen and oxygen atoms in total. The van der Waals surface area contributed by atoms with Crippen LogP contribution in [0.25, 0.3) is 0 Å². The molecular formula is C25H34O3Si. The molecule has 156 valence electrons. The molecule has 1 saturated heterocycles. The molecule has 1 fully saturated rings. The van der Waals surface area contributed by atoms with Crippen LogP contribution in [0, 0.1) is 11.8 Å². The second-order valence-corrected chi connectivity index (χ2v) is 13.5. The van der Waals surface area contributed by atoms with E-state index in [1.54, 1.807) is 0 Å². The predicted octanol–water partition coefficient (Wildman–Crippen LogP) is 4.54. The number of ether oxygens (including phenoxy) is 1. The fraction of sp³-hybridized carbons (Fsp3) is 0.480. The molecule has 0 N–H and O–H groups in total. The van der Waals surface area contributed by atoms with Gasteiger partial charge >= 0.3 is 5.97 Å². The summed E-state index contributed by atoms with van der Waals surface area (Å²) in [6.07, 6.45) is 2.79. The zero-order valence-electron chi connectivity index (χ0n) is 18.2. The normalized spacial score (nSPS) is 18.5. The first-order chi connectivity index (χ1) is 13.9. The highest BCUT2D eigenvalue weighted by Gasteiger charge is 2.50. The molecule has 2 aromatic rings. The van der Waals surface area contributed by atoms with E-state index in [2.05, 4.69) is 88.4 Å². The molecule has 1 aliphatic rings. The van der Waals surface area contributed by atoms with E-state index < -0.39 is 8.32 Å². The summed E-state index contributed by atoms with van der Waals surface area (Å²) < 4.78 is 12.1. The van der Waals surface area contributed by atoms with Crippen molar-refractivity contribution in [3.63, 3.8) is 0 Å². The molecule has 0 aliphatic carbocycles. The third kappa shape index (κ3) is 4.64. The van der Waals surface area contributed by atoms with Crippen molar-refractivity contribution in [1.29, 1.82) is 0 Å². The molecule has 3 rings (SSSR count). The largest absolute Gasteiger partial charge is 0.465 e. The molecule has 0 amide bonds. The van der Waals surface area contributed by atoms with E-state index >= 15 is 0 Å². The lowest BCUT2D eigenvalue weighted by Gasteiger charge is -2.43. The summed E-state index contributed by atoms with van der Waals surface area (Å²) >= 11 is 0. The fourth-order valence-corrected chi connectivity index (χ4v) is 9.23. The van der Waals surface area contributed by atoms with Crippen molar-refractivity contribution in [2.45, 2.75) is 52.0 Å². The lowest BCUT2D eigenvalue weighted by atomic mass is 9.89. The third-order valence-electron chi connectivity index (χ3n) is 6.20. The third-order valence-corrected chi connectivity index (χ3v) is 11.2. The minimum Gasteiger partial charge on any atom is -0.465 e. The average molecular weight is 411 g/mol. The molecule has 4 heteroatoms. The van der Waals surface area contributed by atoms with Crippen molar-refractivity contribution in [3.8, 4) is 0 Å². The topological polar surface area (TPSA) is 35.5 Å². The zero-order valence-corrected chi connectivity index (χ0v) is 19.2. The van der Waals surface area contributed by atoms with Crippen molar-refractivity contribution in [2.75, 3.05) is 13.2 Å². The number of esters is 1. The summed E-state index contributed by atoms with van der Waals surface area (Å²) in [5.74, 6) is 0.376. The van der Waals surface area contributed by atoms with Gasteiger partial charge in [0, 0.05) is 6.61 Å². The summed E-state index contributed by atoms with van der Waals surface area (Å²) in [6, 6.07) is 21.5. The van der Waals surface area contributed by atoms with Crippen molar-refractivity contribution in [2.24, 2.45) is 11.8 Å². The van der Waals surface area contributed by atoms with Crippen LogP contribution in [0.15, 0.2) is 60.7 Å². The molecule has 0 saturated carbocycles. The first-order valence-electron chi connectivity index (χ1n) is 10.8. The second-order valence-electron chi connectivity index (χ2n) is 9.19. The Morgan fingerprint density at radius 1 is 1.03 bits per heavy atom. The Kier molecular flexibility index (Phi) is 6.96. The van der Waals surface area contributed by atoms with Crippen molar-refractivity contribution in [1.82, 2.24) is 0 Å². The van der Waals surface area contributed by atoms with Crippen LogP contribution in [0.4, 0.5) is 0 Å². The maximum atomic E-state index is 11.9. The van der Waals surface area contributed by atoms with Crippen LogP contribution >= 0.6 is 0 Å².